The summed E-state index contributed by atoms with van der Waals surface area (Å²) in [5, 5.41) is 0. The lowest BCUT2D eigenvalue weighted by molar-refractivity contribution is 0.0676. The van der Waals surface area contributed by atoms with E-state index in [1.165, 1.54) is 5.56 Å². The molecule has 3 rings (SSSR count). The van der Waals surface area contributed by atoms with E-state index in [1.54, 1.807) is 21.3 Å². The molecule has 5 heteroatoms. The molecule has 1 fully saturated rings. The van der Waals surface area contributed by atoms with Crippen LogP contribution < -0.4 is 14.2 Å². The van der Waals surface area contributed by atoms with Crippen molar-refractivity contribution in [2.45, 2.75) is 32.0 Å². The third-order valence-corrected chi connectivity index (χ3v) is 4.90. The van der Waals surface area contributed by atoms with E-state index in [0.29, 0.717) is 0 Å². The normalized spacial score (nSPS) is 16.5. The van der Waals surface area contributed by atoms with E-state index in [2.05, 4.69) is 23.1 Å². The van der Waals surface area contributed by atoms with Crippen molar-refractivity contribution in [3.05, 3.63) is 53.6 Å². The molecule has 2 aromatic rings. The molecule has 0 aliphatic carbocycles. The minimum atomic E-state index is 0.284. The molecule has 146 valence electrons. The van der Waals surface area contributed by atoms with Gasteiger partial charge in [-0.05, 0) is 36.6 Å². The van der Waals surface area contributed by atoms with Gasteiger partial charge in [-0.1, -0.05) is 24.3 Å². The monoisotopic (exact) mass is 371 g/mol. The first-order chi connectivity index (χ1) is 13.2. The molecule has 2 aromatic carbocycles. The topological polar surface area (TPSA) is 40.2 Å². The second-order valence-corrected chi connectivity index (χ2v) is 6.81. The van der Waals surface area contributed by atoms with Gasteiger partial charge in [0.25, 0.3) is 0 Å². The van der Waals surface area contributed by atoms with Crippen molar-refractivity contribution in [3.8, 4) is 17.2 Å². The van der Waals surface area contributed by atoms with Gasteiger partial charge < -0.3 is 18.9 Å². The van der Waals surface area contributed by atoms with Crippen molar-refractivity contribution in [1.29, 1.82) is 0 Å². The number of rotatable bonds is 9. The fourth-order valence-corrected chi connectivity index (χ4v) is 3.61. The Balaban J connectivity index is 1.81. The largest absolute Gasteiger partial charge is 0.497 e. The first kappa shape index (κ1) is 19.5. The number of para-hydroxylation sites is 1. The highest BCUT2D eigenvalue weighted by atomic mass is 16.5. The van der Waals surface area contributed by atoms with E-state index < -0.39 is 0 Å². The minimum absolute atomic E-state index is 0.284. The summed E-state index contributed by atoms with van der Waals surface area (Å²) >= 11 is 0. The maximum atomic E-state index is 5.88. The van der Waals surface area contributed by atoms with Gasteiger partial charge in [0.05, 0.1) is 27.4 Å². The lowest BCUT2D eigenvalue weighted by Crippen LogP contribution is -2.31. The van der Waals surface area contributed by atoms with Gasteiger partial charge in [-0.3, -0.25) is 4.90 Å². The molecule has 1 saturated heterocycles. The molecule has 1 aliphatic heterocycles. The Morgan fingerprint density at radius 3 is 2.56 bits per heavy atom. The van der Waals surface area contributed by atoms with Crippen LogP contribution in [0.2, 0.25) is 0 Å². The average Bonchev–Trinajstić information content (AvgIpc) is 3.20. The van der Waals surface area contributed by atoms with Crippen LogP contribution in [0.25, 0.3) is 0 Å². The molecule has 0 spiro atoms. The highest BCUT2D eigenvalue weighted by Crippen LogP contribution is 2.32. The predicted octanol–water partition coefficient (Wildman–Crippen LogP) is 3.89. The van der Waals surface area contributed by atoms with E-state index in [1.807, 2.05) is 24.3 Å². The van der Waals surface area contributed by atoms with E-state index in [4.69, 9.17) is 18.9 Å². The molecule has 0 radical (unpaired) electrons. The molecule has 0 aromatic heterocycles. The summed E-state index contributed by atoms with van der Waals surface area (Å²) in [6, 6.07) is 14.2. The molecule has 0 amide bonds. The fraction of sp³-hybridized carbons (Fsp3) is 0.455. The number of methoxy groups -OCH3 is 3. The van der Waals surface area contributed by atoms with E-state index in [-0.39, 0.29) is 6.10 Å². The zero-order valence-corrected chi connectivity index (χ0v) is 16.4. The number of ether oxygens (including phenoxy) is 4. The number of hydrogen-bond donors (Lipinski definition) is 0. The molecule has 1 unspecified atom stereocenters. The number of hydrogen-bond acceptors (Lipinski definition) is 5. The lowest BCUT2D eigenvalue weighted by atomic mass is 10.1. The molecule has 5 nitrogen and oxygen atoms in total. The van der Waals surface area contributed by atoms with E-state index in [0.717, 1.165) is 61.9 Å². The van der Waals surface area contributed by atoms with Crippen LogP contribution in [0.4, 0.5) is 0 Å². The van der Waals surface area contributed by atoms with Crippen molar-refractivity contribution in [2.75, 3.05) is 34.5 Å². The summed E-state index contributed by atoms with van der Waals surface area (Å²) < 4.78 is 22.3. The van der Waals surface area contributed by atoms with Crippen LogP contribution in [0.15, 0.2) is 42.5 Å². The summed E-state index contributed by atoms with van der Waals surface area (Å²) in [5.74, 6) is 2.43. The second-order valence-electron chi connectivity index (χ2n) is 6.81. The van der Waals surface area contributed by atoms with Gasteiger partial charge in [0.15, 0.2) is 11.5 Å². The Morgan fingerprint density at radius 1 is 1.00 bits per heavy atom. The first-order valence-corrected chi connectivity index (χ1v) is 9.40. The van der Waals surface area contributed by atoms with Crippen molar-refractivity contribution < 1.29 is 18.9 Å². The molecule has 0 N–H and O–H groups in total. The summed E-state index contributed by atoms with van der Waals surface area (Å²) in [4.78, 5) is 2.40. The smallest absolute Gasteiger partial charge is 0.165 e. The lowest BCUT2D eigenvalue weighted by Gasteiger charge is -2.26. The Morgan fingerprint density at radius 2 is 1.85 bits per heavy atom. The summed E-state index contributed by atoms with van der Waals surface area (Å²) in [5.41, 5.74) is 2.33. The van der Waals surface area contributed by atoms with Crippen molar-refractivity contribution in [3.63, 3.8) is 0 Å². The van der Waals surface area contributed by atoms with Gasteiger partial charge in [0.2, 0.25) is 0 Å². The van der Waals surface area contributed by atoms with Crippen LogP contribution in [-0.4, -0.2) is 45.5 Å². The molecule has 1 aliphatic rings. The highest BCUT2D eigenvalue weighted by molar-refractivity contribution is 5.46. The van der Waals surface area contributed by atoms with Crippen LogP contribution in [0.1, 0.15) is 24.0 Å². The van der Waals surface area contributed by atoms with Gasteiger partial charge in [0, 0.05) is 31.8 Å². The minimum Gasteiger partial charge on any atom is -0.497 e. The average molecular weight is 371 g/mol. The SMILES string of the molecule is COc1cccc(CN(Cc2cccc(OC)c2OC)CC2CCCO2)c1. The van der Waals surface area contributed by atoms with E-state index >= 15 is 0 Å². The standard InChI is InChI=1S/C22H29NO4/c1-24-19-9-4-7-17(13-19)14-23(16-20-10-6-12-27-20)15-18-8-5-11-21(25-2)22(18)26-3/h4-5,7-9,11,13,20H,6,10,12,14-16H2,1-3H3. The second kappa shape index (κ2) is 9.62. The van der Waals surface area contributed by atoms with Crippen LogP contribution in [0, 0.1) is 0 Å². The van der Waals surface area contributed by atoms with Crippen molar-refractivity contribution in [1.82, 2.24) is 4.90 Å². The van der Waals surface area contributed by atoms with E-state index in [9.17, 15) is 0 Å². The van der Waals surface area contributed by atoms with Crippen molar-refractivity contribution >= 4 is 0 Å². The number of nitrogens with zero attached hydrogens (tertiary/aromatic N) is 1. The molecule has 0 saturated carbocycles. The highest BCUT2D eigenvalue weighted by Gasteiger charge is 2.21. The number of benzene rings is 2. The molecule has 27 heavy (non-hydrogen) atoms. The third-order valence-electron chi connectivity index (χ3n) is 4.90. The van der Waals surface area contributed by atoms with Gasteiger partial charge in [-0.25, -0.2) is 0 Å². The Bertz CT molecular complexity index is 728. The molecule has 1 atom stereocenters. The van der Waals surface area contributed by atoms with Gasteiger partial charge in [-0.2, -0.15) is 0 Å². The molecule has 0 bridgehead atoms. The fourth-order valence-electron chi connectivity index (χ4n) is 3.61. The van der Waals surface area contributed by atoms with Gasteiger partial charge >= 0.3 is 0 Å². The maximum Gasteiger partial charge on any atom is 0.165 e. The molecule has 1 heterocycles. The van der Waals surface area contributed by atoms with Gasteiger partial charge in [-0.15, -0.1) is 0 Å². The first-order valence-electron chi connectivity index (χ1n) is 9.40. The zero-order valence-electron chi connectivity index (χ0n) is 16.4. The Hall–Kier alpha value is -2.24. The maximum absolute atomic E-state index is 5.88. The van der Waals surface area contributed by atoms with Crippen LogP contribution in [0.3, 0.4) is 0 Å². The Labute approximate surface area is 161 Å². The molecular weight excluding hydrogens is 342 g/mol. The molecular formula is C22H29NO4. The summed E-state index contributed by atoms with van der Waals surface area (Å²) in [6.07, 6.45) is 2.54. The third kappa shape index (κ3) is 5.15. The predicted molar refractivity (Wildman–Crippen MR) is 106 cm³/mol. The quantitative estimate of drug-likeness (QED) is 0.669. The summed E-state index contributed by atoms with van der Waals surface area (Å²) in [6.45, 7) is 3.33. The summed E-state index contributed by atoms with van der Waals surface area (Å²) in [7, 11) is 5.06. The van der Waals surface area contributed by atoms with Gasteiger partial charge in [0.1, 0.15) is 5.75 Å². The Kier molecular flexibility index (Phi) is 6.96. The van der Waals surface area contributed by atoms with Crippen molar-refractivity contribution in [2.24, 2.45) is 0 Å². The van der Waals surface area contributed by atoms with Crippen LogP contribution >= 0.6 is 0 Å². The van der Waals surface area contributed by atoms with Crippen LogP contribution in [0.5, 0.6) is 17.2 Å². The zero-order chi connectivity index (χ0) is 19.1. The van der Waals surface area contributed by atoms with Crippen LogP contribution in [-0.2, 0) is 17.8 Å².